The minimum atomic E-state index is -4.54. The van der Waals surface area contributed by atoms with E-state index in [9.17, 15) is 29.4 Å². The van der Waals surface area contributed by atoms with Crippen LogP contribution in [0.5, 0.6) is 11.5 Å². The Bertz CT molecular complexity index is 1510. The molecule has 1 amide bonds. The molecule has 0 bridgehead atoms. The Balaban J connectivity index is 1.48. The normalized spacial score (nSPS) is 20.3. The van der Waals surface area contributed by atoms with E-state index in [1.54, 1.807) is 67.6 Å². The molecule has 0 spiro atoms. The number of hydrogen-bond acceptors (Lipinski definition) is 10. The smallest absolute Gasteiger partial charge is 0.456 e. The molecule has 3 aromatic carbocycles. The van der Waals surface area contributed by atoms with Crippen molar-refractivity contribution in [2.45, 2.75) is 32.6 Å². The number of nitrogens with zero attached hydrogens (tertiary/aromatic N) is 2. The highest BCUT2D eigenvalue weighted by Crippen LogP contribution is 2.57. The summed E-state index contributed by atoms with van der Waals surface area (Å²) in [5.74, 6) is -2.82. The summed E-state index contributed by atoms with van der Waals surface area (Å²) in [5, 5.41) is 21.2. The SMILES string of the molecule is CC1C(OP(=O)(Oc2ccccc2)Oc2ccccc2)=C(C(=O)OCc2ccc([N+](=O)[O-])cc2)N2C(=O)[C@H]([C@@H](C)O)[C@@H]12. The second kappa shape index (κ2) is 11.7. The molecular weight excluding hydrogens is 567 g/mol. The summed E-state index contributed by atoms with van der Waals surface area (Å²) in [6.45, 7) is 2.87. The van der Waals surface area contributed by atoms with E-state index in [0.29, 0.717) is 5.56 Å². The first-order valence-corrected chi connectivity index (χ1v) is 14.5. The molecule has 0 saturated carbocycles. The summed E-state index contributed by atoms with van der Waals surface area (Å²) in [7, 11) is -4.54. The second-order valence-electron chi connectivity index (χ2n) is 9.81. The zero-order valence-corrected chi connectivity index (χ0v) is 23.5. The lowest BCUT2D eigenvalue weighted by Crippen LogP contribution is -2.63. The van der Waals surface area contributed by atoms with Gasteiger partial charge in [-0.25, -0.2) is 4.79 Å². The average molecular weight is 595 g/mol. The van der Waals surface area contributed by atoms with Gasteiger partial charge in [0, 0.05) is 18.1 Å². The number of rotatable bonds is 11. The molecule has 12 nitrogen and oxygen atoms in total. The molecule has 2 heterocycles. The number of hydrogen-bond donors (Lipinski definition) is 1. The number of carbonyl (C=O) groups excluding carboxylic acids is 2. The minimum Gasteiger partial charge on any atom is -0.456 e. The molecule has 13 heteroatoms. The number of phosphoric acid groups is 1. The number of ether oxygens (including phenoxy) is 1. The van der Waals surface area contributed by atoms with Gasteiger partial charge in [0.15, 0.2) is 5.70 Å². The molecule has 1 unspecified atom stereocenters. The molecule has 2 aliphatic heterocycles. The second-order valence-corrected chi connectivity index (χ2v) is 11.3. The van der Waals surface area contributed by atoms with Gasteiger partial charge in [-0.1, -0.05) is 43.3 Å². The van der Waals surface area contributed by atoms with Crippen molar-refractivity contribution in [1.82, 2.24) is 4.90 Å². The van der Waals surface area contributed by atoms with Crippen molar-refractivity contribution in [2.24, 2.45) is 11.8 Å². The van der Waals surface area contributed by atoms with Crippen molar-refractivity contribution < 1.29 is 42.5 Å². The maximum Gasteiger partial charge on any atom is 0.646 e. The zero-order valence-electron chi connectivity index (χ0n) is 22.6. The monoisotopic (exact) mass is 594 g/mol. The molecule has 0 aromatic heterocycles. The highest BCUT2D eigenvalue weighted by atomic mass is 31.2. The number of fused-ring (bicyclic) bond motifs is 1. The van der Waals surface area contributed by atoms with E-state index in [1.165, 1.54) is 36.1 Å². The van der Waals surface area contributed by atoms with Gasteiger partial charge >= 0.3 is 13.8 Å². The van der Waals surface area contributed by atoms with Crippen LogP contribution in [0, 0.1) is 22.0 Å². The number of benzene rings is 3. The molecule has 3 aromatic rings. The van der Waals surface area contributed by atoms with Crippen LogP contribution in [0.2, 0.25) is 0 Å². The van der Waals surface area contributed by atoms with E-state index in [4.69, 9.17) is 18.3 Å². The van der Waals surface area contributed by atoms with Crippen LogP contribution >= 0.6 is 7.82 Å². The number of esters is 1. The van der Waals surface area contributed by atoms with Gasteiger partial charge in [-0.3, -0.25) is 19.8 Å². The lowest BCUT2D eigenvalue weighted by Gasteiger charge is -2.46. The Morgan fingerprint density at radius 2 is 1.52 bits per heavy atom. The molecule has 1 saturated heterocycles. The Morgan fingerprint density at radius 1 is 0.976 bits per heavy atom. The summed E-state index contributed by atoms with van der Waals surface area (Å²) >= 11 is 0. The lowest BCUT2D eigenvalue weighted by atomic mass is 9.79. The Labute approximate surface area is 240 Å². The Morgan fingerprint density at radius 3 is 2.02 bits per heavy atom. The summed E-state index contributed by atoms with van der Waals surface area (Å²) in [6, 6.07) is 21.1. The highest BCUT2D eigenvalue weighted by molar-refractivity contribution is 7.49. The number of aliphatic hydroxyl groups is 1. The molecule has 1 N–H and O–H groups in total. The Hall–Kier alpha value is -4.67. The van der Waals surface area contributed by atoms with Crippen molar-refractivity contribution in [3.05, 3.63) is 112 Å². The maximum absolute atomic E-state index is 14.2. The zero-order chi connectivity index (χ0) is 30.0. The number of nitro benzene ring substituents is 1. The van der Waals surface area contributed by atoms with E-state index < -0.39 is 48.6 Å². The fourth-order valence-corrected chi connectivity index (χ4v) is 6.33. The molecule has 5 rings (SSSR count). The van der Waals surface area contributed by atoms with Crippen molar-refractivity contribution in [2.75, 3.05) is 0 Å². The first-order valence-electron chi connectivity index (χ1n) is 13.0. The van der Waals surface area contributed by atoms with E-state index in [1.807, 2.05) is 0 Å². The fraction of sp³-hybridized carbons (Fsp3) is 0.241. The predicted molar refractivity (Wildman–Crippen MR) is 148 cm³/mol. The van der Waals surface area contributed by atoms with E-state index >= 15 is 0 Å². The van der Waals surface area contributed by atoms with Crippen LogP contribution in [0.4, 0.5) is 5.69 Å². The van der Waals surface area contributed by atoms with Gasteiger partial charge in [0.2, 0.25) is 5.91 Å². The van der Waals surface area contributed by atoms with E-state index in [0.717, 1.165) is 0 Å². The van der Waals surface area contributed by atoms with Gasteiger partial charge in [0.25, 0.3) is 5.69 Å². The fourth-order valence-electron chi connectivity index (χ4n) is 4.96. The van der Waals surface area contributed by atoms with Crippen LogP contribution < -0.4 is 9.05 Å². The standard InChI is InChI=1S/C29H27N2O10P/c1-18-25-24(19(2)32)28(33)30(25)26(29(34)38-17-20-13-15-21(16-14-20)31(35)36)27(18)41-42(37,39-22-9-5-3-6-10-22)40-23-11-7-4-8-12-23/h3-16,18-19,24-25,32H,17H2,1-2H3/t18?,19-,24-,25-/m1/s1. The van der Waals surface area contributed by atoms with Gasteiger partial charge < -0.3 is 23.4 Å². The molecule has 0 radical (unpaired) electrons. The number of nitro groups is 1. The number of para-hydroxylation sites is 2. The van der Waals surface area contributed by atoms with E-state index in [2.05, 4.69) is 0 Å². The number of aliphatic hydroxyl groups excluding tert-OH is 1. The van der Waals surface area contributed by atoms with Gasteiger partial charge in [-0.15, -0.1) is 0 Å². The number of amides is 1. The molecule has 42 heavy (non-hydrogen) atoms. The molecule has 0 aliphatic carbocycles. The van der Waals surface area contributed by atoms with Gasteiger partial charge in [-0.05, 0) is 48.9 Å². The quantitative estimate of drug-likeness (QED) is 0.106. The van der Waals surface area contributed by atoms with Gasteiger partial charge in [-0.2, -0.15) is 4.57 Å². The van der Waals surface area contributed by atoms with Gasteiger partial charge in [0.05, 0.1) is 23.0 Å². The topological polar surface area (TPSA) is 155 Å². The molecule has 2 aliphatic rings. The minimum absolute atomic E-state index is 0.126. The molecule has 218 valence electrons. The third-order valence-corrected chi connectivity index (χ3v) is 8.24. The predicted octanol–water partition coefficient (Wildman–Crippen LogP) is 4.99. The average Bonchev–Trinajstić information content (AvgIpc) is 3.20. The van der Waals surface area contributed by atoms with Crippen molar-refractivity contribution in [3.8, 4) is 11.5 Å². The van der Waals surface area contributed by atoms with Crippen LogP contribution in [-0.2, 0) is 30.0 Å². The van der Waals surface area contributed by atoms with Crippen LogP contribution in [0.3, 0.4) is 0 Å². The third-order valence-electron chi connectivity index (χ3n) is 6.95. The summed E-state index contributed by atoms with van der Waals surface area (Å²) in [6.07, 6.45) is -1.02. The summed E-state index contributed by atoms with van der Waals surface area (Å²) in [4.78, 5) is 38.1. The number of phosphoric ester groups is 1. The third kappa shape index (κ3) is 5.72. The van der Waals surface area contributed by atoms with E-state index in [-0.39, 0.29) is 35.2 Å². The molecular formula is C29H27N2O10P. The first-order chi connectivity index (χ1) is 20.1. The summed E-state index contributed by atoms with van der Waals surface area (Å²) in [5.41, 5.74) is 0.0469. The van der Waals surface area contributed by atoms with Crippen LogP contribution in [0.25, 0.3) is 0 Å². The van der Waals surface area contributed by atoms with Crippen LogP contribution in [0.1, 0.15) is 19.4 Å². The molecule has 4 atom stereocenters. The summed E-state index contributed by atoms with van der Waals surface area (Å²) < 4.78 is 37.0. The van der Waals surface area contributed by atoms with Crippen molar-refractivity contribution >= 4 is 25.4 Å². The van der Waals surface area contributed by atoms with Crippen LogP contribution in [-0.4, -0.2) is 39.0 Å². The van der Waals surface area contributed by atoms with Crippen LogP contribution in [0.15, 0.2) is 96.4 Å². The number of carbonyl (C=O) groups is 2. The van der Waals surface area contributed by atoms with Crippen molar-refractivity contribution in [3.63, 3.8) is 0 Å². The largest absolute Gasteiger partial charge is 0.646 e. The van der Waals surface area contributed by atoms with Gasteiger partial charge in [0.1, 0.15) is 23.9 Å². The Kier molecular flexibility index (Phi) is 8.02. The lowest BCUT2D eigenvalue weighted by molar-refractivity contribution is -0.384. The molecule has 1 fully saturated rings. The maximum atomic E-state index is 14.2. The highest BCUT2D eigenvalue weighted by Gasteiger charge is 2.62. The van der Waals surface area contributed by atoms with Crippen molar-refractivity contribution in [1.29, 1.82) is 0 Å². The first kappa shape index (κ1) is 28.8. The number of β-lactam (4-membered cyclic amide) rings is 1. The number of non-ortho nitro benzene ring substituents is 1.